The number of aromatic nitrogens is 4. The second kappa shape index (κ2) is 6.29. The topological polar surface area (TPSA) is 83.6 Å². The minimum atomic E-state index is -1.05. The van der Waals surface area contributed by atoms with Gasteiger partial charge in [-0.05, 0) is 48.7 Å². The summed E-state index contributed by atoms with van der Waals surface area (Å²) in [5, 5.41) is 9.77. The van der Waals surface area contributed by atoms with Crippen LogP contribution in [-0.4, -0.2) is 30.6 Å². The summed E-state index contributed by atoms with van der Waals surface area (Å²) in [6, 6.07) is 6.02. The number of H-pyrrole nitrogens is 1. The van der Waals surface area contributed by atoms with Gasteiger partial charge in [-0.3, -0.25) is 9.19 Å². The third-order valence-corrected chi connectivity index (χ3v) is 4.43. The van der Waals surface area contributed by atoms with Crippen LogP contribution in [0.1, 0.15) is 11.1 Å². The Bertz CT molecular complexity index is 838. The lowest BCUT2D eigenvalue weighted by atomic mass is 9.96. The molecule has 7 heteroatoms. The van der Waals surface area contributed by atoms with Crippen LogP contribution in [0.5, 0.6) is 0 Å². The van der Waals surface area contributed by atoms with Gasteiger partial charge in [-0.1, -0.05) is 0 Å². The zero-order valence-electron chi connectivity index (χ0n) is 13.1. The Kier molecular flexibility index (Phi) is 4.20. The first-order chi connectivity index (χ1) is 11.0. The minimum absolute atomic E-state index is 0.599. The van der Waals surface area contributed by atoms with Crippen LogP contribution in [0.3, 0.4) is 0 Å². The molecule has 0 spiro atoms. The summed E-state index contributed by atoms with van der Waals surface area (Å²) in [4.78, 5) is 9.00. The van der Waals surface area contributed by atoms with E-state index in [9.17, 15) is 4.21 Å². The molecule has 1 atom stereocenters. The Morgan fingerprint density at radius 3 is 2.48 bits per heavy atom. The molecule has 1 aromatic carbocycles. The van der Waals surface area contributed by atoms with Crippen molar-refractivity contribution in [2.75, 3.05) is 11.6 Å². The number of aromatic amines is 1. The van der Waals surface area contributed by atoms with Crippen LogP contribution in [0, 0.1) is 13.8 Å². The van der Waals surface area contributed by atoms with Gasteiger partial charge in [0.15, 0.2) is 0 Å². The fourth-order valence-corrected chi connectivity index (χ4v) is 3.11. The van der Waals surface area contributed by atoms with E-state index in [1.807, 2.05) is 32.0 Å². The summed E-state index contributed by atoms with van der Waals surface area (Å²) in [5.74, 6) is 0.599. The molecule has 0 saturated heterocycles. The van der Waals surface area contributed by atoms with E-state index in [-0.39, 0.29) is 0 Å². The molecule has 1 unspecified atom stereocenters. The normalized spacial score (nSPS) is 12.1. The predicted molar refractivity (Wildman–Crippen MR) is 91.1 cm³/mol. The lowest BCUT2D eigenvalue weighted by Gasteiger charge is -2.13. The van der Waals surface area contributed by atoms with E-state index in [1.165, 1.54) is 6.33 Å². The van der Waals surface area contributed by atoms with Gasteiger partial charge in [0, 0.05) is 29.9 Å². The monoisotopic (exact) mass is 327 g/mol. The van der Waals surface area contributed by atoms with Crippen molar-refractivity contribution in [3.63, 3.8) is 0 Å². The number of pyridine rings is 1. The first kappa shape index (κ1) is 15.4. The van der Waals surface area contributed by atoms with Crippen LogP contribution in [0.2, 0.25) is 0 Å². The SMILES string of the molecule is Cc1cc(Nc2ncn[nH]2)cc(C)c1-c1cncc(S(C)=O)c1. The molecule has 0 saturated carbocycles. The van der Waals surface area contributed by atoms with E-state index in [2.05, 4.69) is 25.5 Å². The number of aryl methyl sites for hydroxylation is 2. The third kappa shape index (κ3) is 3.29. The lowest BCUT2D eigenvalue weighted by Crippen LogP contribution is -1.97. The Balaban J connectivity index is 2.00. The van der Waals surface area contributed by atoms with Crippen molar-refractivity contribution in [2.45, 2.75) is 18.7 Å². The van der Waals surface area contributed by atoms with Crippen molar-refractivity contribution in [1.82, 2.24) is 20.2 Å². The fraction of sp³-hybridized carbons (Fsp3) is 0.188. The standard InChI is InChI=1S/C16H17N5OS/c1-10-4-13(20-16-18-9-19-21-16)5-11(2)15(10)12-6-14(23(3)22)8-17-7-12/h4-9H,1-3H3,(H2,18,19,20,21). The Morgan fingerprint density at radius 2 is 1.87 bits per heavy atom. The van der Waals surface area contributed by atoms with Crippen molar-refractivity contribution < 1.29 is 4.21 Å². The van der Waals surface area contributed by atoms with Gasteiger partial charge in [0.2, 0.25) is 5.95 Å². The molecule has 0 radical (unpaired) electrons. The van der Waals surface area contributed by atoms with Crippen LogP contribution in [-0.2, 0) is 10.8 Å². The summed E-state index contributed by atoms with van der Waals surface area (Å²) < 4.78 is 11.7. The number of hydrogen-bond acceptors (Lipinski definition) is 5. The number of hydrogen-bond donors (Lipinski definition) is 2. The summed E-state index contributed by atoms with van der Waals surface area (Å²) in [5.41, 5.74) is 5.22. The molecule has 0 aliphatic heterocycles. The molecule has 2 N–H and O–H groups in total. The molecule has 0 amide bonds. The second-order valence-electron chi connectivity index (χ2n) is 5.31. The van der Waals surface area contributed by atoms with E-state index >= 15 is 0 Å². The summed E-state index contributed by atoms with van der Waals surface area (Å²) in [7, 11) is -1.05. The van der Waals surface area contributed by atoms with Gasteiger partial charge in [-0.25, -0.2) is 5.10 Å². The molecular formula is C16H17N5OS. The maximum Gasteiger partial charge on any atom is 0.222 e. The Hall–Kier alpha value is -2.54. The van der Waals surface area contributed by atoms with E-state index in [1.54, 1.807) is 18.6 Å². The van der Waals surface area contributed by atoms with Crippen molar-refractivity contribution >= 4 is 22.4 Å². The molecule has 0 aliphatic rings. The Morgan fingerprint density at radius 1 is 1.13 bits per heavy atom. The molecule has 0 fully saturated rings. The van der Waals surface area contributed by atoms with E-state index in [4.69, 9.17) is 0 Å². The smallest absolute Gasteiger partial charge is 0.222 e. The van der Waals surface area contributed by atoms with E-state index in [0.29, 0.717) is 5.95 Å². The molecule has 23 heavy (non-hydrogen) atoms. The summed E-state index contributed by atoms with van der Waals surface area (Å²) >= 11 is 0. The maximum absolute atomic E-state index is 11.7. The number of rotatable bonds is 4. The molecule has 3 aromatic rings. The van der Waals surface area contributed by atoms with Gasteiger partial charge >= 0.3 is 0 Å². The van der Waals surface area contributed by atoms with Crippen LogP contribution in [0.4, 0.5) is 11.6 Å². The summed E-state index contributed by atoms with van der Waals surface area (Å²) in [6.07, 6.45) is 6.56. The highest BCUT2D eigenvalue weighted by molar-refractivity contribution is 7.84. The molecule has 2 aromatic heterocycles. The number of nitrogens with zero attached hydrogens (tertiary/aromatic N) is 3. The predicted octanol–water partition coefficient (Wildman–Crippen LogP) is 2.96. The highest BCUT2D eigenvalue weighted by Crippen LogP contribution is 2.31. The summed E-state index contributed by atoms with van der Waals surface area (Å²) in [6.45, 7) is 4.09. The first-order valence-electron chi connectivity index (χ1n) is 7.07. The van der Waals surface area contributed by atoms with E-state index < -0.39 is 10.8 Å². The van der Waals surface area contributed by atoms with Crippen molar-refractivity contribution in [2.24, 2.45) is 0 Å². The maximum atomic E-state index is 11.7. The fourth-order valence-electron chi connectivity index (χ4n) is 2.61. The minimum Gasteiger partial charge on any atom is -0.325 e. The molecule has 0 bridgehead atoms. The average Bonchev–Trinajstić information content (AvgIpc) is 2.99. The highest BCUT2D eigenvalue weighted by atomic mass is 32.2. The first-order valence-corrected chi connectivity index (χ1v) is 8.63. The van der Waals surface area contributed by atoms with Crippen LogP contribution < -0.4 is 5.32 Å². The molecule has 2 heterocycles. The van der Waals surface area contributed by atoms with Gasteiger partial charge in [-0.15, -0.1) is 0 Å². The quantitative estimate of drug-likeness (QED) is 0.769. The van der Waals surface area contributed by atoms with Gasteiger partial charge in [0.05, 0.1) is 15.7 Å². The van der Waals surface area contributed by atoms with Gasteiger partial charge in [0.25, 0.3) is 0 Å². The molecule has 118 valence electrons. The largest absolute Gasteiger partial charge is 0.325 e. The van der Waals surface area contributed by atoms with Crippen LogP contribution in [0.25, 0.3) is 11.1 Å². The van der Waals surface area contributed by atoms with Gasteiger partial charge < -0.3 is 5.32 Å². The average molecular weight is 327 g/mol. The van der Waals surface area contributed by atoms with Gasteiger partial charge in [0.1, 0.15) is 6.33 Å². The second-order valence-corrected chi connectivity index (χ2v) is 6.69. The van der Waals surface area contributed by atoms with Crippen molar-refractivity contribution in [1.29, 1.82) is 0 Å². The third-order valence-electron chi connectivity index (χ3n) is 3.54. The van der Waals surface area contributed by atoms with Crippen molar-refractivity contribution in [3.8, 4) is 11.1 Å². The molecule has 3 rings (SSSR count). The molecule has 6 nitrogen and oxygen atoms in total. The van der Waals surface area contributed by atoms with Crippen LogP contribution in [0.15, 0.2) is 41.8 Å². The molecule has 0 aliphatic carbocycles. The number of anilines is 2. The Labute approximate surface area is 136 Å². The van der Waals surface area contributed by atoms with Gasteiger partial charge in [-0.2, -0.15) is 10.1 Å². The van der Waals surface area contributed by atoms with E-state index in [0.717, 1.165) is 32.8 Å². The number of nitrogens with one attached hydrogen (secondary N) is 2. The van der Waals surface area contributed by atoms with Crippen molar-refractivity contribution in [3.05, 3.63) is 48.0 Å². The lowest BCUT2D eigenvalue weighted by molar-refractivity contribution is 0.686. The zero-order valence-corrected chi connectivity index (χ0v) is 13.9. The highest BCUT2D eigenvalue weighted by Gasteiger charge is 2.10. The zero-order chi connectivity index (χ0) is 16.4. The molecular weight excluding hydrogens is 310 g/mol. The number of benzene rings is 1. The van der Waals surface area contributed by atoms with Crippen LogP contribution >= 0.6 is 0 Å².